The van der Waals surface area contributed by atoms with Gasteiger partial charge in [-0.05, 0) is 30.0 Å². The molecule has 1 saturated heterocycles. The standard InChI is InChI=1S/C16H21NO3S/c1-21-14-5-2-13(3-6-14)4-7-15(18)17-12-16(19)8-10-20-11-9-16/h2-7,19H,8-12H2,1H3,(H,17,18). The maximum atomic E-state index is 11.8. The summed E-state index contributed by atoms with van der Waals surface area (Å²) in [6, 6.07) is 7.99. The van der Waals surface area contributed by atoms with Gasteiger partial charge < -0.3 is 15.2 Å². The monoisotopic (exact) mass is 307 g/mol. The van der Waals surface area contributed by atoms with Crippen molar-refractivity contribution in [2.45, 2.75) is 23.3 Å². The number of rotatable bonds is 5. The van der Waals surface area contributed by atoms with Crippen molar-refractivity contribution in [2.75, 3.05) is 26.0 Å². The molecule has 0 radical (unpaired) electrons. The van der Waals surface area contributed by atoms with Gasteiger partial charge in [0.25, 0.3) is 0 Å². The molecule has 0 bridgehead atoms. The molecule has 0 unspecified atom stereocenters. The molecule has 1 aliphatic heterocycles. The number of hydrogen-bond donors (Lipinski definition) is 2. The van der Waals surface area contributed by atoms with Crippen LogP contribution in [0.15, 0.2) is 35.2 Å². The number of nitrogens with one attached hydrogen (secondary N) is 1. The molecule has 0 aliphatic carbocycles. The van der Waals surface area contributed by atoms with Gasteiger partial charge in [-0.15, -0.1) is 11.8 Å². The summed E-state index contributed by atoms with van der Waals surface area (Å²) >= 11 is 1.68. The zero-order chi connectivity index (χ0) is 15.1. The van der Waals surface area contributed by atoms with Crippen LogP contribution in [-0.2, 0) is 9.53 Å². The summed E-state index contributed by atoms with van der Waals surface area (Å²) in [4.78, 5) is 13.0. The third-order valence-corrected chi connectivity index (χ3v) is 4.30. The van der Waals surface area contributed by atoms with Crippen LogP contribution in [0.2, 0.25) is 0 Å². The predicted molar refractivity (Wildman–Crippen MR) is 85.3 cm³/mol. The second-order valence-corrected chi connectivity index (χ2v) is 6.04. The van der Waals surface area contributed by atoms with Gasteiger partial charge in [0.2, 0.25) is 5.91 Å². The Morgan fingerprint density at radius 3 is 2.67 bits per heavy atom. The molecule has 1 heterocycles. The molecular weight excluding hydrogens is 286 g/mol. The van der Waals surface area contributed by atoms with Crippen molar-refractivity contribution >= 4 is 23.7 Å². The molecule has 0 aromatic heterocycles. The van der Waals surface area contributed by atoms with Crippen LogP contribution < -0.4 is 5.32 Å². The maximum absolute atomic E-state index is 11.8. The number of thioether (sulfide) groups is 1. The average Bonchev–Trinajstić information content (AvgIpc) is 2.52. The molecule has 1 aromatic carbocycles. The highest BCUT2D eigenvalue weighted by Crippen LogP contribution is 2.19. The van der Waals surface area contributed by atoms with Crippen molar-refractivity contribution in [3.8, 4) is 0 Å². The fourth-order valence-electron chi connectivity index (χ4n) is 2.13. The van der Waals surface area contributed by atoms with Gasteiger partial charge in [-0.1, -0.05) is 12.1 Å². The van der Waals surface area contributed by atoms with Crippen LogP contribution in [0.25, 0.3) is 6.08 Å². The van der Waals surface area contributed by atoms with E-state index in [1.165, 1.54) is 11.0 Å². The summed E-state index contributed by atoms with van der Waals surface area (Å²) in [7, 11) is 0. The Bertz CT molecular complexity index is 493. The highest BCUT2D eigenvalue weighted by Gasteiger charge is 2.29. The summed E-state index contributed by atoms with van der Waals surface area (Å²) < 4.78 is 5.21. The molecule has 5 heteroatoms. The Labute approximate surface area is 129 Å². The van der Waals surface area contributed by atoms with Gasteiger partial charge in [0, 0.05) is 43.6 Å². The molecule has 0 spiro atoms. The molecular formula is C16H21NO3S. The quantitative estimate of drug-likeness (QED) is 0.646. The number of aliphatic hydroxyl groups is 1. The zero-order valence-corrected chi connectivity index (χ0v) is 13.0. The van der Waals surface area contributed by atoms with E-state index in [0.717, 1.165) is 5.56 Å². The highest BCUT2D eigenvalue weighted by molar-refractivity contribution is 7.98. The largest absolute Gasteiger partial charge is 0.388 e. The predicted octanol–water partition coefficient (Wildman–Crippen LogP) is 2.08. The van der Waals surface area contributed by atoms with E-state index in [2.05, 4.69) is 5.32 Å². The lowest BCUT2D eigenvalue weighted by Gasteiger charge is -2.31. The first-order valence-electron chi connectivity index (χ1n) is 7.01. The molecule has 1 amide bonds. The summed E-state index contributed by atoms with van der Waals surface area (Å²) in [5.41, 5.74) is 0.148. The molecule has 114 valence electrons. The number of benzene rings is 1. The van der Waals surface area contributed by atoms with E-state index in [0.29, 0.717) is 26.1 Å². The number of amides is 1. The lowest BCUT2D eigenvalue weighted by Crippen LogP contribution is -2.46. The van der Waals surface area contributed by atoms with E-state index >= 15 is 0 Å². The topological polar surface area (TPSA) is 58.6 Å². The third kappa shape index (κ3) is 5.19. The van der Waals surface area contributed by atoms with E-state index in [-0.39, 0.29) is 12.5 Å². The van der Waals surface area contributed by atoms with Gasteiger partial charge in [0.15, 0.2) is 0 Å². The number of ether oxygens (including phenoxy) is 1. The number of hydrogen-bond acceptors (Lipinski definition) is 4. The second-order valence-electron chi connectivity index (χ2n) is 5.16. The van der Waals surface area contributed by atoms with Crippen molar-refractivity contribution in [1.29, 1.82) is 0 Å². The Morgan fingerprint density at radius 1 is 1.38 bits per heavy atom. The van der Waals surface area contributed by atoms with Crippen molar-refractivity contribution in [2.24, 2.45) is 0 Å². The summed E-state index contributed by atoms with van der Waals surface area (Å²) in [6.07, 6.45) is 6.42. The van der Waals surface area contributed by atoms with Crippen LogP contribution in [0.3, 0.4) is 0 Å². The average molecular weight is 307 g/mol. The summed E-state index contributed by atoms with van der Waals surface area (Å²) in [5, 5.41) is 13.0. The van der Waals surface area contributed by atoms with Crippen molar-refractivity contribution < 1.29 is 14.6 Å². The number of carbonyl (C=O) groups excluding carboxylic acids is 1. The number of carbonyl (C=O) groups is 1. The van der Waals surface area contributed by atoms with Crippen molar-refractivity contribution in [1.82, 2.24) is 5.32 Å². The molecule has 0 saturated carbocycles. The van der Waals surface area contributed by atoms with Gasteiger partial charge in [0.1, 0.15) is 0 Å². The van der Waals surface area contributed by atoms with Crippen LogP contribution in [0, 0.1) is 0 Å². The van der Waals surface area contributed by atoms with Crippen molar-refractivity contribution in [3.05, 3.63) is 35.9 Å². The fourth-order valence-corrected chi connectivity index (χ4v) is 2.53. The lowest BCUT2D eigenvalue weighted by atomic mass is 9.94. The first kappa shape index (κ1) is 16.1. The minimum Gasteiger partial charge on any atom is -0.388 e. The van der Waals surface area contributed by atoms with Crippen LogP contribution in [0.4, 0.5) is 0 Å². The zero-order valence-electron chi connectivity index (χ0n) is 12.2. The smallest absolute Gasteiger partial charge is 0.244 e. The molecule has 1 fully saturated rings. The first-order chi connectivity index (χ1) is 10.1. The molecule has 0 atom stereocenters. The summed E-state index contributed by atoms with van der Waals surface area (Å²) in [5.74, 6) is -0.191. The van der Waals surface area contributed by atoms with Crippen LogP contribution in [0.5, 0.6) is 0 Å². The lowest BCUT2D eigenvalue weighted by molar-refractivity contribution is -0.119. The molecule has 2 N–H and O–H groups in total. The van der Waals surface area contributed by atoms with Crippen LogP contribution in [-0.4, -0.2) is 42.6 Å². The Balaban J connectivity index is 1.81. The molecule has 4 nitrogen and oxygen atoms in total. The van der Waals surface area contributed by atoms with Crippen molar-refractivity contribution in [3.63, 3.8) is 0 Å². The molecule has 21 heavy (non-hydrogen) atoms. The van der Waals surface area contributed by atoms with E-state index < -0.39 is 5.60 Å². The molecule has 1 aromatic rings. The van der Waals surface area contributed by atoms with E-state index in [1.54, 1.807) is 17.8 Å². The maximum Gasteiger partial charge on any atom is 0.244 e. The normalized spacial score (nSPS) is 17.8. The Morgan fingerprint density at radius 2 is 2.05 bits per heavy atom. The van der Waals surface area contributed by atoms with E-state index in [9.17, 15) is 9.90 Å². The van der Waals surface area contributed by atoms with Gasteiger partial charge >= 0.3 is 0 Å². The fraction of sp³-hybridized carbons (Fsp3) is 0.438. The molecule has 1 aliphatic rings. The van der Waals surface area contributed by atoms with E-state index in [1.807, 2.05) is 30.5 Å². The summed E-state index contributed by atoms with van der Waals surface area (Å²) in [6.45, 7) is 1.36. The van der Waals surface area contributed by atoms with Gasteiger partial charge in [-0.2, -0.15) is 0 Å². The SMILES string of the molecule is CSc1ccc(C=CC(=O)NCC2(O)CCOCC2)cc1. The Kier molecular flexibility index (Phi) is 5.85. The third-order valence-electron chi connectivity index (χ3n) is 3.56. The second kappa shape index (κ2) is 7.64. The van der Waals surface area contributed by atoms with Gasteiger partial charge in [0.05, 0.1) is 5.60 Å². The van der Waals surface area contributed by atoms with Gasteiger partial charge in [-0.25, -0.2) is 0 Å². The highest BCUT2D eigenvalue weighted by atomic mass is 32.2. The molecule has 2 rings (SSSR count). The first-order valence-corrected chi connectivity index (χ1v) is 8.24. The Hall–Kier alpha value is -1.30. The minimum atomic E-state index is -0.832. The van der Waals surface area contributed by atoms with E-state index in [4.69, 9.17) is 4.74 Å². The van der Waals surface area contributed by atoms with Gasteiger partial charge in [-0.3, -0.25) is 4.79 Å². The minimum absolute atomic E-state index is 0.191. The van der Waals surface area contributed by atoms with Crippen LogP contribution in [0.1, 0.15) is 18.4 Å². The van der Waals surface area contributed by atoms with Crippen LogP contribution >= 0.6 is 11.8 Å².